The Morgan fingerprint density at radius 1 is 1.20 bits per heavy atom. The quantitative estimate of drug-likeness (QED) is 0.758. The Kier molecular flexibility index (Phi) is 5.08. The van der Waals surface area contributed by atoms with Gasteiger partial charge in [-0.25, -0.2) is 14.8 Å². The number of hydrogen-bond donors (Lipinski definition) is 0. The van der Waals surface area contributed by atoms with E-state index in [-0.39, 0.29) is 12.1 Å². The van der Waals surface area contributed by atoms with Gasteiger partial charge in [-0.05, 0) is 49.5 Å². The number of rotatable bonds is 2. The van der Waals surface area contributed by atoms with Crippen molar-refractivity contribution in [3.8, 4) is 11.4 Å². The zero-order valence-electron chi connectivity index (χ0n) is 14.6. The van der Waals surface area contributed by atoms with E-state index >= 15 is 0 Å². The Morgan fingerprint density at radius 3 is 2.44 bits per heavy atom. The highest BCUT2D eigenvalue weighted by Crippen LogP contribution is 2.25. The van der Waals surface area contributed by atoms with E-state index in [1.54, 1.807) is 23.5 Å². The number of nitrogens with zero attached hydrogens (tertiary/aromatic N) is 5. The molecule has 1 fully saturated rings. The summed E-state index contributed by atoms with van der Waals surface area (Å²) < 4.78 is 8.23. The zero-order valence-corrected chi connectivity index (χ0v) is 16.2. The van der Waals surface area contributed by atoms with E-state index in [4.69, 9.17) is 4.74 Å². The van der Waals surface area contributed by atoms with Crippen LogP contribution in [-0.4, -0.2) is 49.4 Å². The van der Waals surface area contributed by atoms with Gasteiger partial charge in [-0.2, -0.15) is 5.10 Å². The minimum Gasteiger partial charge on any atom is -0.444 e. The summed E-state index contributed by atoms with van der Waals surface area (Å²) >= 11 is 3.33. The summed E-state index contributed by atoms with van der Waals surface area (Å²) in [7, 11) is 0. The summed E-state index contributed by atoms with van der Waals surface area (Å²) in [5.41, 5.74) is 0.428. The first-order valence-electron chi connectivity index (χ1n) is 8.32. The molecule has 0 atom stereocenters. The second kappa shape index (κ2) is 7.11. The van der Waals surface area contributed by atoms with Gasteiger partial charge in [-0.15, -0.1) is 0 Å². The van der Waals surface area contributed by atoms with Crippen molar-refractivity contribution in [2.45, 2.75) is 45.3 Å². The smallest absolute Gasteiger partial charge is 0.410 e. The van der Waals surface area contributed by atoms with Crippen LogP contribution in [0.15, 0.2) is 29.3 Å². The highest BCUT2D eigenvalue weighted by Gasteiger charge is 2.27. The topological polar surface area (TPSA) is 73.1 Å². The van der Waals surface area contributed by atoms with E-state index in [9.17, 15) is 4.79 Å². The number of halogens is 1. The predicted molar refractivity (Wildman–Crippen MR) is 97.0 cm³/mol. The Balaban J connectivity index is 1.60. The fourth-order valence-corrected chi connectivity index (χ4v) is 2.96. The van der Waals surface area contributed by atoms with Gasteiger partial charge >= 0.3 is 6.09 Å². The Labute approximate surface area is 155 Å². The maximum atomic E-state index is 12.1. The van der Waals surface area contributed by atoms with Crippen molar-refractivity contribution in [1.82, 2.24) is 24.6 Å². The van der Waals surface area contributed by atoms with Crippen LogP contribution in [0.4, 0.5) is 4.79 Å². The third kappa shape index (κ3) is 4.56. The molecule has 25 heavy (non-hydrogen) atoms. The van der Waals surface area contributed by atoms with Crippen LogP contribution < -0.4 is 0 Å². The molecule has 0 aliphatic carbocycles. The van der Waals surface area contributed by atoms with Crippen LogP contribution >= 0.6 is 15.9 Å². The number of aromatic nitrogens is 4. The molecule has 1 aliphatic heterocycles. The molecule has 0 bridgehead atoms. The lowest BCUT2D eigenvalue weighted by molar-refractivity contribution is 0.0185. The van der Waals surface area contributed by atoms with Crippen LogP contribution in [0.25, 0.3) is 11.4 Å². The number of likely N-dealkylation sites (tertiary alicyclic amines) is 1. The third-order valence-electron chi connectivity index (χ3n) is 3.97. The molecule has 8 heteroatoms. The van der Waals surface area contributed by atoms with E-state index in [0.29, 0.717) is 18.9 Å². The molecule has 0 spiro atoms. The molecule has 0 unspecified atom stereocenters. The van der Waals surface area contributed by atoms with E-state index in [1.807, 2.05) is 31.6 Å². The van der Waals surface area contributed by atoms with Crippen LogP contribution in [-0.2, 0) is 4.74 Å². The Bertz CT molecular complexity index is 730. The zero-order chi connectivity index (χ0) is 18.0. The fraction of sp³-hybridized carbons (Fsp3) is 0.529. The van der Waals surface area contributed by atoms with Crippen molar-refractivity contribution >= 4 is 22.0 Å². The van der Waals surface area contributed by atoms with Crippen LogP contribution in [0, 0.1) is 0 Å². The average molecular weight is 408 g/mol. The summed E-state index contributed by atoms with van der Waals surface area (Å²) in [4.78, 5) is 22.5. The van der Waals surface area contributed by atoms with Gasteiger partial charge in [-0.1, -0.05) is 0 Å². The van der Waals surface area contributed by atoms with Crippen LogP contribution in [0.5, 0.6) is 0 Å². The lowest BCUT2D eigenvalue weighted by atomic mass is 10.1. The Morgan fingerprint density at radius 2 is 1.84 bits per heavy atom. The molecular weight excluding hydrogens is 386 g/mol. The monoisotopic (exact) mass is 407 g/mol. The summed E-state index contributed by atoms with van der Waals surface area (Å²) in [5, 5.41) is 4.46. The third-order valence-corrected chi connectivity index (χ3v) is 4.38. The molecule has 0 N–H and O–H groups in total. The van der Waals surface area contributed by atoms with Crippen molar-refractivity contribution < 1.29 is 9.53 Å². The van der Waals surface area contributed by atoms with E-state index in [1.165, 1.54) is 0 Å². The minimum atomic E-state index is -0.463. The van der Waals surface area contributed by atoms with Crippen molar-refractivity contribution in [3.63, 3.8) is 0 Å². The number of carbonyl (C=O) groups is 1. The second-order valence-electron chi connectivity index (χ2n) is 7.13. The van der Waals surface area contributed by atoms with Gasteiger partial charge in [0.1, 0.15) is 5.60 Å². The van der Waals surface area contributed by atoms with Crippen LogP contribution in [0.1, 0.15) is 39.7 Å². The summed E-state index contributed by atoms with van der Waals surface area (Å²) in [6.07, 6.45) is 8.65. The highest BCUT2D eigenvalue weighted by atomic mass is 79.9. The molecule has 3 rings (SSSR count). The van der Waals surface area contributed by atoms with E-state index in [2.05, 4.69) is 31.0 Å². The molecule has 7 nitrogen and oxygen atoms in total. The number of carbonyl (C=O) groups excluding carboxylic acids is 1. The van der Waals surface area contributed by atoms with Crippen molar-refractivity contribution in [2.24, 2.45) is 0 Å². The first-order chi connectivity index (χ1) is 11.8. The van der Waals surface area contributed by atoms with Gasteiger partial charge in [0.2, 0.25) is 0 Å². The number of piperidine rings is 1. The predicted octanol–water partition coefficient (Wildman–Crippen LogP) is 3.67. The standard InChI is InChI=1S/C17H22BrN5O2/c1-17(2,3)25-16(24)22-6-4-14(5-7-22)23-11-12(8-21-23)15-19-9-13(18)10-20-15/h8-11,14H,4-7H2,1-3H3. The lowest BCUT2D eigenvalue weighted by Gasteiger charge is -2.33. The fourth-order valence-electron chi connectivity index (χ4n) is 2.75. The summed E-state index contributed by atoms with van der Waals surface area (Å²) in [6, 6.07) is 0.267. The molecule has 2 aromatic heterocycles. The molecule has 1 aliphatic rings. The van der Waals surface area contributed by atoms with Gasteiger partial charge in [0.15, 0.2) is 5.82 Å². The first-order valence-corrected chi connectivity index (χ1v) is 9.11. The highest BCUT2D eigenvalue weighted by molar-refractivity contribution is 9.10. The molecule has 1 saturated heterocycles. The van der Waals surface area contributed by atoms with Gasteiger partial charge in [0.25, 0.3) is 0 Å². The molecule has 0 saturated carbocycles. The average Bonchev–Trinajstić information content (AvgIpc) is 3.04. The lowest BCUT2D eigenvalue weighted by Crippen LogP contribution is -2.42. The summed E-state index contributed by atoms with van der Waals surface area (Å²) in [6.45, 7) is 6.99. The largest absolute Gasteiger partial charge is 0.444 e. The molecule has 0 radical (unpaired) electrons. The maximum absolute atomic E-state index is 12.1. The molecule has 134 valence electrons. The van der Waals surface area contributed by atoms with Crippen molar-refractivity contribution in [1.29, 1.82) is 0 Å². The molecule has 0 aromatic carbocycles. The van der Waals surface area contributed by atoms with Gasteiger partial charge < -0.3 is 9.64 Å². The second-order valence-corrected chi connectivity index (χ2v) is 8.05. The van der Waals surface area contributed by atoms with E-state index < -0.39 is 5.60 Å². The van der Waals surface area contributed by atoms with E-state index in [0.717, 1.165) is 22.9 Å². The van der Waals surface area contributed by atoms with Crippen molar-refractivity contribution in [3.05, 3.63) is 29.3 Å². The molecular formula is C17H22BrN5O2. The van der Waals surface area contributed by atoms with Crippen molar-refractivity contribution in [2.75, 3.05) is 13.1 Å². The van der Waals surface area contributed by atoms with Crippen LogP contribution in [0.2, 0.25) is 0 Å². The summed E-state index contributed by atoms with van der Waals surface area (Å²) in [5.74, 6) is 0.653. The maximum Gasteiger partial charge on any atom is 0.410 e. The Hall–Kier alpha value is -1.96. The first kappa shape index (κ1) is 17.8. The minimum absolute atomic E-state index is 0.240. The van der Waals surface area contributed by atoms with Gasteiger partial charge in [0.05, 0.1) is 22.3 Å². The van der Waals surface area contributed by atoms with Crippen LogP contribution in [0.3, 0.4) is 0 Å². The SMILES string of the molecule is CC(C)(C)OC(=O)N1CCC(n2cc(-c3ncc(Br)cn3)cn2)CC1. The normalized spacial score (nSPS) is 16.1. The molecule has 3 heterocycles. The van der Waals surface area contributed by atoms with Gasteiger partial charge in [-0.3, -0.25) is 4.68 Å². The molecule has 1 amide bonds. The number of hydrogen-bond acceptors (Lipinski definition) is 5. The number of amides is 1. The number of ether oxygens (including phenoxy) is 1. The van der Waals surface area contributed by atoms with Gasteiger partial charge in [0, 0.05) is 31.7 Å². The molecule has 2 aromatic rings.